The predicted molar refractivity (Wildman–Crippen MR) is 60.5 cm³/mol. The molecule has 82 valence electrons. The van der Waals surface area contributed by atoms with E-state index in [9.17, 15) is 0 Å². The lowest BCUT2D eigenvalue weighted by atomic mass is 10.4. The zero-order chi connectivity index (χ0) is 11.4. The van der Waals surface area contributed by atoms with E-state index in [-0.39, 0.29) is 11.9 Å². The molecule has 0 spiro atoms. The average Bonchev–Trinajstić information content (AvgIpc) is 2.50. The Bertz CT molecular complexity index is 374. The van der Waals surface area contributed by atoms with E-state index in [2.05, 4.69) is 9.98 Å². The van der Waals surface area contributed by atoms with Crippen LogP contribution in [0.2, 0.25) is 0 Å². The summed E-state index contributed by atoms with van der Waals surface area (Å²) in [7, 11) is 1.75. The zero-order valence-electron chi connectivity index (χ0n) is 8.91. The number of aryl methyl sites for hydroxylation is 1. The van der Waals surface area contributed by atoms with Crippen molar-refractivity contribution < 1.29 is 0 Å². The van der Waals surface area contributed by atoms with E-state index >= 15 is 0 Å². The van der Waals surface area contributed by atoms with Gasteiger partial charge in [0.2, 0.25) is 5.96 Å². The van der Waals surface area contributed by atoms with Crippen molar-refractivity contribution in [1.29, 1.82) is 5.41 Å². The molecule has 0 aliphatic carbocycles. The van der Waals surface area contributed by atoms with E-state index in [1.165, 1.54) is 0 Å². The van der Waals surface area contributed by atoms with E-state index in [1.54, 1.807) is 11.9 Å². The van der Waals surface area contributed by atoms with Crippen LogP contribution in [0, 0.1) is 12.3 Å². The minimum atomic E-state index is -0.102. The Morgan fingerprint density at radius 2 is 2.20 bits per heavy atom. The number of guanidine groups is 2. The van der Waals surface area contributed by atoms with Crippen molar-refractivity contribution in [3.05, 3.63) is 23.5 Å². The quantitative estimate of drug-likeness (QED) is 0.404. The largest absolute Gasteiger partial charge is 0.370 e. The molecule has 0 atom stereocenters. The van der Waals surface area contributed by atoms with Crippen molar-refractivity contribution in [3.63, 3.8) is 0 Å². The first kappa shape index (κ1) is 11.1. The summed E-state index contributed by atoms with van der Waals surface area (Å²) in [5, 5.41) is 7.55. The number of aliphatic imine (C=N–C) groups is 1. The molecule has 0 aromatic carbocycles. The van der Waals surface area contributed by atoms with Gasteiger partial charge in [-0.1, -0.05) is 0 Å². The molecule has 6 N–H and O–H groups in total. The van der Waals surface area contributed by atoms with Crippen molar-refractivity contribution in [1.82, 2.24) is 9.88 Å². The Morgan fingerprint density at radius 1 is 1.53 bits per heavy atom. The molecule has 1 rings (SSSR count). The third-order valence-electron chi connectivity index (χ3n) is 1.90. The van der Waals surface area contributed by atoms with Crippen LogP contribution >= 0.6 is 0 Å². The molecule has 0 amide bonds. The Hall–Kier alpha value is -1.98. The normalized spacial score (nSPS) is 9.73. The number of H-pyrrole nitrogens is 1. The molecule has 0 aliphatic rings. The third kappa shape index (κ3) is 3.34. The second kappa shape index (κ2) is 4.50. The summed E-state index contributed by atoms with van der Waals surface area (Å²) in [6, 6.07) is 3.95. The second-order valence-electron chi connectivity index (χ2n) is 3.38. The summed E-state index contributed by atoms with van der Waals surface area (Å²) in [5.74, 6) is -0.0585. The van der Waals surface area contributed by atoms with Gasteiger partial charge in [-0.15, -0.1) is 0 Å². The average molecular weight is 208 g/mol. The highest BCUT2D eigenvalue weighted by molar-refractivity contribution is 5.91. The first-order valence-corrected chi connectivity index (χ1v) is 4.53. The van der Waals surface area contributed by atoms with Crippen LogP contribution in [0.3, 0.4) is 0 Å². The number of hydrogen-bond acceptors (Lipinski definition) is 1. The Balaban J connectivity index is 2.59. The summed E-state index contributed by atoms with van der Waals surface area (Å²) in [6.07, 6.45) is 0. The van der Waals surface area contributed by atoms with Gasteiger partial charge in [0, 0.05) is 18.4 Å². The van der Waals surface area contributed by atoms with Gasteiger partial charge in [0.1, 0.15) is 0 Å². The Kier molecular flexibility index (Phi) is 3.33. The van der Waals surface area contributed by atoms with Crippen LogP contribution in [-0.4, -0.2) is 28.9 Å². The number of nitrogens with zero attached hydrogens (tertiary/aromatic N) is 2. The van der Waals surface area contributed by atoms with E-state index in [0.717, 1.165) is 11.4 Å². The molecule has 0 radical (unpaired) electrons. The molecule has 1 aromatic heterocycles. The molecule has 0 unspecified atom stereocenters. The zero-order valence-corrected chi connectivity index (χ0v) is 8.91. The number of aromatic nitrogens is 1. The van der Waals surface area contributed by atoms with Crippen molar-refractivity contribution in [2.75, 3.05) is 7.05 Å². The molecule has 0 saturated heterocycles. The van der Waals surface area contributed by atoms with Crippen molar-refractivity contribution in [2.45, 2.75) is 13.5 Å². The van der Waals surface area contributed by atoms with Crippen LogP contribution in [0.4, 0.5) is 0 Å². The van der Waals surface area contributed by atoms with Gasteiger partial charge in [-0.2, -0.15) is 4.99 Å². The van der Waals surface area contributed by atoms with Crippen LogP contribution in [-0.2, 0) is 6.54 Å². The number of hydrogen-bond donors (Lipinski definition) is 4. The fourth-order valence-corrected chi connectivity index (χ4v) is 1.19. The third-order valence-corrected chi connectivity index (χ3v) is 1.90. The standard InChI is InChI=1S/C9H16N6/c1-6-3-4-7(13-6)5-15(2)9(12)14-8(10)11/h3-4,13H,5H2,1-2H3,(H5,10,11,12,14). The maximum atomic E-state index is 7.55. The molecule has 15 heavy (non-hydrogen) atoms. The number of nitrogens with one attached hydrogen (secondary N) is 2. The smallest absolute Gasteiger partial charge is 0.221 e. The molecule has 1 heterocycles. The SMILES string of the molecule is Cc1ccc(CN(C)C(=N)N=C(N)N)[nH]1. The molecule has 0 saturated carbocycles. The fourth-order valence-electron chi connectivity index (χ4n) is 1.19. The minimum absolute atomic E-state index is 0.0438. The maximum Gasteiger partial charge on any atom is 0.221 e. The van der Waals surface area contributed by atoms with Gasteiger partial charge >= 0.3 is 0 Å². The highest BCUT2D eigenvalue weighted by atomic mass is 15.2. The van der Waals surface area contributed by atoms with Gasteiger partial charge in [0.05, 0.1) is 6.54 Å². The van der Waals surface area contributed by atoms with Crippen LogP contribution < -0.4 is 11.5 Å². The number of aromatic amines is 1. The van der Waals surface area contributed by atoms with Gasteiger partial charge in [-0.3, -0.25) is 5.41 Å². The van der Waals surface area contributed by atoms with Crippen LogP contribution in [0.25, 0.3) is 0 Å². The summed E-state index contributed by atoms with van der Waals surface area (Å²) >= 11 is 0. The monoisotopic (exact) mass is 208 g/mol. The van der Waals surface area contributed by atoms with E-state index in [1.807, 2.05) is 19.1 Å². The van der Waals surface area contributed by atoms with Crippen LogP contribution in [0.1, 0.15) is 11.4 Å². The topological polar surface area (TPSA) is 107 Å². The van der Waals surface area contributed by atoms with Gasteiger partial charge < -0.3 is 21.4 Å². The predicted octanol–water partition coefficient (Wildman–Crippen LogP) is -0.0369. The summed E-state index contributed by atoms with van der Waals surface area (Å²) in [4.78, 5) is 8.46. The lowest BCUT2D eigenvalue weighted by Gasteiger charge is -2.15. The highest BCUT2D eigenvalue weighted by Crippen LogP contribution is 2.03. The molecule has 0 bridgehead atoms. The lowest BCUT2D eigenvalue weighted by molar-refractivity contribution is 0.485. The van der Waals surface area contributed by atoms with Crippen molar-refractivity contribution in [2.24, 2.45) is 16.5 Å². The Morgan fingerprint density at radius 3 is 2.67 bits per heavy atom. The van der Waals surface area contributed by atoms with E-state index < -0.39 is 0 Å². The number of rotatable bonds is 2. The van der Waals surface area contributed by atoms with Crippen molar-refractivity contribution >= 4 is 11.9 Å². The van der Waals surface area contributed by atoms with Gasteiger partial charge in [-0.05, 0) is 19.1 Å². The van der Waals surface area contributed by atoms with Gasteiger partial charge in [0.25, 0.3) is 0 Å². The highest BCUT2D eigenvalue weighted by Gasteiger charge is 2.05. The first-order chi connectivity index (χ1) is 6.99. The molecule has 6 heteroatoms. The molecule has 0 fully saturated rings. The molecule has 0 aliphatic heterocycles. The van der Waals surface area contributed by atoms with Crippen LogP contribution in [0.15, 0.2) is 17.1 Å². The van der Waals surface area contributed by atoms with Gasteiger partial charge in [-0.25, -0.2) is 0 Å². The van der Waals surface area contributed by atoms with Crippen LogP contribution in [0.5, 0.6) is 0 Å². The first-order valence-electron chi connectivity index (χ1n) is 4.53. The maximum absolute atomic E-state index is 7.55. The minimum Gasteiger partial charge on any atom is -0.370 e. The summed E-state index contributed by atoms with van der Waals surface area (Å²) in [5.41, 5.74) is 12.5. The second-order valence-corrected chi connectivity index (χ2v) is 3.38. The molecule has 1 aromatic rings. The van der Waals surface area contributed by atoms with E-state index in [0.29, 0.717) is 6.54 Å². The lowest BCUT2D eigenvalue weighted by Crippen LogP contribution is -2.30. The Labute approximate surface area is 88.5 Å². The summed E-state index contributed by atoms with van der Waals surface area (Å²) < 4.78 is 0. The molecule has 6 nitrogen and oxygen atoms in total. The molecular formula is C9H16N6. The molecular weight excluding hydrogens is 192 g/mol. The summed E-state index contributed by atoms with van der Waals surface area (Å²) in [6.45, 7) is 2.55. The van der Waals surface area contributed by atoms with Crippen molar-refractivity contribution in [3.8, 4) is 0 Å². The number of nitrogens with two attached hydrogens (primary N) is 2. The van der Waals surface area contributed by atoms with E-state index in [4.69, 9.17) is 16.9 Å². The fraction of sp³-hybridized carbons (Fsp3) is 0.333. The van der Waals surface area contributed by atoms with Gasteiger partial charge in [0.15, 0.2) is 5.96 Å².